The summed E-state index contributed by atoms with van der Waals surface area (Å²) in [7, 11) is 1.50. The van der Waals surface area contributed by atoms with Gasteiger partial charge in [0, 0.05) is 6.07 Å². The van der Waals surface area contributed by atoms with Gasteiger partial charge < -0.3 is 9.47 Å². The van der Waals surface area contributed by atoms with Crippen LogP contribution in [0.2, 0.25) is 10.0 Å². The average molecular weight is 311 g/mol. The van der Waals surface area contributed by atoms with Crippen LogP contribution in [0.15, 0.2) is 36.4 Å². The predicted molar refractivity (Wildman–Crippen MR) is 79.5 cm³/mol. The van der Waals surface area contributed by atoms with Crippen LogP contribution in [0.25, 0.3) is 0 Å². The minimum Gasteiger partial charge on any atom is -0.496 e. The molecular weight excluding hydrogens is 299 g/mol. The van der Waals surface area contributed by atoms with Crippen molar-refractivity contribution in [2.75, 3.05) is 7.11 Å². The van der Waals surface area contributed by atoms with Gasteiger partial charge in [0.05, 0.1) is 17.2 Å². The van der Waals surface area contributed by atoms with Gasteiger partial charge in [-0.1, -0.05) is 29.3 Å². The minimum atomic E-state index is -0.141. The summed E-state index contributed by atoms with van der Waals surface area (Å²) in [5.41, 5.74) is 0.390. The van der Waals surface area contributed by atoms with Crippen molar-refractivity contribution in [2.45, 2.75) is 6.92 Å². The molecule has 104 valence electrons. The van der Waals surface area contributed by atoms with E-state index in [1.165, 1.54) is 14.0 Å². The van der Waals surface area contributed by atoms with Crippen molar-refractivity contribution in [1.29, 1.82) is 0 Å². The van der Waals surface area contributed by atoms with Crippen molar-refractivity contribution in [1.82, 2.24) is 0 Å². The monoisotopic (exact) mass is 310 g/mol. The number of halogens is 2. The quantitative estimate of drug-likeness (QED) is 0.746. The number of Topliss-reactive ketones (excluding diaryl/α,β-unsaturated/α-hetero) is 1. The first kappa shape index (κ1) is 14.7. The molecule has 2 rings (SSSR count). The largest absolute Gasteiger partial charge is 0.496 e. The van der Waals surface area contributed by atoms with Gasteiger partial charge in [-0.25, -0.2) is 0 Å². The van der Waals surface area contributed by atoms with Gasteiger partial charge >= 0.3 is 0 Å². The molecule has 2 aromatic carbocycles. The molecule has 0 aliphatic heterocycles. The van der Waals surface area contributed by atoms with Crippen LogP contribution in [0.4, 0.5) is 0 Å². The Labute approximate surface area is 127 Å². The Morgan fingerprint density at radius 2 is 1.75 bits per heavy atom. The van der Waals surface area contributed by atoms with E-state index in [0.29, 0.717) is 32.9 Å². The first-order chi connectivity index (χ1) is 9.52. The summed E-state index contributed by atoms with van der Waals surface area (Å²) >= 11 is 11.8. The molecule has 0 radical (unpaired) electrons. The molecule has 0 aromatic heterocycles. The topological polar surface area (TPSA) is 35.5 Å². The standard InChI is InChI=1S/C15H12Cl2O3/c1-9(18)15-13(19-2)4-3-5-14(15)20-10-6-7-11(16)12(17)8-10/h3-8H,1-2H3. The highest BCUT2D eigenvalue weighted by Crippen LogP contribution is 2.34. The Morgan fingerprint density at radius 1 is 1.05 bits per heavy atom. The van der Waals surface area contributed by atoms with Crippen LogP contribution in [0.1, 0.15) is 17.3 Å². The fraction of sp³-hybridized carbons (Fsp3) is 0.133. The molecule has 3 nitrogen and oxygen atoms in total. The molecule has 0 atom stereocenters. The molecular formula is C15H12Cl2O3. The van der Waals surface area contributed by atoms with Gasteiger partial charge in [0.15, 0.2) is 5.78 Å². The minimum absolute atomic E-state index is 0.141. The molecule has 20 heavy (non-hydrogen) atoms. The summed E-state index contributed by atoms with van der Waals surface area (Å²) in [6, 6.07) is 10.1. The maximum absolute atomic E-state index is 11.8. The van der Waals surface area contributed by atoms with Crippen molar-refractivity contribution in [3.05, 3.63) is 52.0 Å². The highest BCUT2D eigenvalue weighted by atomic mass is 35.5. The smallest absolute Gasteiger partial charge is 0.167 e. The number of carbonyl (C=O) groups excluding carboxylic acids is 1. The van der Waals surface area contributed by atoms with Crippen LogP contribution in [0, 0.1) is 0 Å². The molecule has 0 fully saturated rings. The highest BCUT2D eigenvalue weighted by molar-refractivity contribution is 6.42. The molecule has 0 aliphatic rings. The molecule has 0 spiro atoms. The zero-order chi connectivity index (χ0) is 14.7. The molecule has 5 heteroatoms. The number of hydrogen-bond donors (Lipinski definition) is 0. The normalized spacial score (nSPS) is 10.2. The van der Waals surface area contributed by atoms with Gasteiger partial charge in [0.2, 0.25) is 0 Å². The van der Waals surface area contributed by atoms with Gasteiger partial charge in [-0.05, 0) is 31.2 Å². The number of carbonyl (C=O) groups is 1. The zero-order valence-electron chi connectivity index (χ0n) is 10.9. The van der Waals surface area contributed by atoms with Crippen LogP contribution in [0.3, 0.4) is 0 Å². The third kappa shape index (κ3) is 3.06. The predicted octanol–water partition coefficient (Wildman–Crippen LogP) is 5.00. The summed E-state index contributed by atoms with van der Waals surface area (Å²) in [5.74, 6) is 1.23. The van der Waals surface area contributed by atoms with Crippen molar-refractivity contribution in [3.8, 4) is 17.2 Å². The van der Waals surface area contributed by atoms with Crippen LogP contribution >= 0.6 is 23.2 Å². The van der Waals surface area contributed by atoms with Gasteiger partial charge in [-0.2, -0.15) is 0 Å². The Bertz CT molecular complexity index is 654. The van der Waals surface area contributed by atoms with E-state index in [1.54, 1.807) is 36.4 Å². The van der Waals surface area contributed by atoms with Gasteiger partial charge in [0.1, 0.15) is 22.8 Å². The number of hydrogen-bond acceptors (Lipinski definition) is 3. The number of ketones is 1. The molecule has 0 heterocycles. The van der Waals surface area contributed by atoms with E-state index in [4.69, 9.17) is 32.7 Å². The van der Waals surface area contributed by atoms with Gasteiger partial charge in [-0.15, -0.1) is 0 Å². The summed E-state index contributed by atoms with van der Waals surface area (Å²) in [4.78, 5) is 11.8. The van der Waals surface area contributed by atoms with Gasteiger partial charge in [0.25, 0.3) is 0 Å². The SMILES string of the molecule is COc1cccc(Oc2ccc(Cl)c(Cl)c2)c1C(C)=O. The number of methoxy groups -OCH3 is 1. The second kappa shape index (κ2) is 6.16. The van der Waals surface area contributed by atoms with E-state index < -0.39 is 0 Å². The second-order valence-corrected chi connectivity index (χ2v) is 4.88. The van der Waals surface area contributed by atoms with E-state index in [1.807, 2.05) is 0 Å². The van der Waals surface area contributed by atoms with Crippen LogP contribution in [0.5, 0.6) is 17.2 Å². The van der Waals surface area contributed by atoms with Crippen LogP contribution in [-0.2, 0) is 0 Å². The van der Waals surface area contributed by atoms with E-state index in [0.717, 1.165) is 0 Å². The van der Waals surface area contributed by atoms with Crippen LogP contribution < -0.4 is 9.47 Å². The van der Waals surface area contributed by atoms with Crippen molar-refractivity contribution >= 4 is 29.0 Å². The van der Waals surface area contributed by atoms with E-state index in [-0.39, 0.29) is 5.78 Å². The summed E-state index contributed by atoms with van der Waals surface area (Å²) in [5, 5.41) is 0.827. The summed E-state index contributed by atoms with van der Waals surface area (Å²) in [6.45, 7) is 1.46. The molecule has 0 saturated heterocycles. The van der Waals surface area contributed by atoms with Gasteiger partial charge in [-0.3, -0.25) is 4.79 Å². The highest BCUT2D eigenvalue weighted by Gasteiger charge is 2.15. The molecule has 0 bridgehead atoms. The Balaban J connectivity index is 2.42. The maximum atomic E-state index is 11.8. The lowest BCUT2D eigenvalue weighted by atomic mass is 10.1. The molecule has 0 saturated carbocycles. The Kier molecular flexibility index (Phi) is 4.53. The fourth-order valence-corrected chi connectivity index (χ4v) is 2.07. The lowest BCUT2D eigenvalue weighted by Crippen LogP contribution is -2.00. The van der Waals surface area contributed by atoms with Crippen molar-refractivity contribution in [2.24, 2.45) is 0 Å². The first-order valence-corrected chi connectivity index (χ1v) is 6.59. The summed E-state index contributed by atoms with van der Waals surface area (Å²) < 4.78 is 10.9. The fourth-order valence-electron chi connectivity index (χ4n) is 1.78. The third-order valence-corrected chi connectivity index (χ3v) is 3.42. The van der Waals surface area contributed by atoms with E-state index in [9.17, 15) is 4.79 Å². The number of ether oxygens (including phenoxy) is 2. The lowest BCUT2D eigenvalue weighted by molar-refractivity contribution is 0.101. The summed E-state index contributed by atoms with van der Waals surface area (Å²) in [6.07, 6.45) is 0. The van der Waals surface area contributed by atoms with E-state index >= 15 is 0 Å². The third-order valence-electron chi connectivity index (χ3n) is 2.68. The number of rotatable bonds is 4. The molecule has 0 amide bonds. The maximum Gasteiger partial charge on any atom is 0.167 e. The molecule has 0 unspecified atom stereocenters. The Morgan fingerprint density at radius 3 is 2.35 bits per heavy atom. The van der Waals surface area contributed by atoms with E-state index in [2.05, 4.69) is 0 Å². The average Bonchev–Trinajstić information content (AvgIpc) is 2.42. The second-order valence-electron chi connectivity index (χ2n) is 4.07. The van der Waals surface area contributed by atoms with Crippen molar-refractivity contribution in [3.63, 3.8) is 0 Å². The molecule has 0 aliphatic carbocycles. The molecule has 0 N–H and O–H groups in total. The van der Waals surface area contributed by atoms with Crippen molar-refractivity contribution < 1.29 is 14.3 Å². The first-order valence-electron chi connectivity index (χ1n) is 5.83. The zero-order valence-corrected chi connectivity index (χ0v) is 12.5. The van der Waals surface area contributed by atoms with Crippen LogP contribution in [-0.4, -0.2) is 12.9 Å². The Hall–Kier alpha value is -1.71. The lowest BCUT2D eigenvalue weighted by Gasteiger charge is -2.13. The number of benzene rings is 2. The molecule has 2 aromatic rings.